The summed E-state index contributed by atoms with van der Waals surface area (Å²) in [5.74, 6) is 0.107. The van der Waals surface area contributed by atoms with Crippen LogP contribution in [-0.4, -0.2) is 29.9 Å². The van der Waals surface area contributed by atoms with Crippen LogP contribution in [0.2, 0.25) is 5.02 Å². The quantitative estimate of drug-likeness (QED) is 0.905. The van der Waals surface area contributed by atoms with E-state index in [1.807, 2.05) is 43.0 Å². The van der Waals surface area contributed by atoms with Crippen LogP contribution in [0, 0.1) is 0 Å². The smallest absolute Gasteiger partial charge is 0.232 e. The van der Waals surface area contributed by atoms with Gasteiger partial charge >= 0.3 is 0 Å². The molecule has 0 bridgehead atoms. The van der Waals surface area contributed by atoms with Crippen LogP contribution in [0.25, 0.3) is 0 Å². The van der Waals surface area contributed by atoms with E-state index in [4.69, 9.17) is 17.3 Å². The average Bonchev–Trinajstić information content (AvgIpc) is 2.38. The lowest BCUT2D eigenvalue weighted by molar-refractivity contribution is -0.137. The number of piperidine rings is 1. The van der Waals surface area contributed by atoms with E-state index in [2.05, 4.69) is 0 Å². The van der Waals surface area contributed by atoms with Crippen molar-refractivity contribution in [2.45, 2.75) is 38.1 Å². The number of carbonyl (C=O) groups is 1. The van der Waals surface area contributed by atoms with Crippen LogP contribution in [0.5, 0.6) is 0 Å². The van der Waals surface area contributed by atoms with Gasteiger partial charge in [0.15, 0.2) is 0 Å². The molecule has 1 aliphatic rings. The Labute approximate surface area is 119 Å². The van der Waals surface area contributed by atoms with Crippen molar-refractivity contribution >= 4 is 17.5 Å². The first-order valence-corrected chi connectivity index (χ1v) is 7.10. The minimum Gasteiger partial charge on any atom is -0.340 e. The van der Waals surface area contributed by atoms with E-state index < -0.39 is 5.41 Å². The molecule has 1 aromatic carbocycles. The Morgan fingerprint density at radius 1 is 1.42 bits per heavy atom. The number of hydrogen-bond donors (Lipinski definition) is 1. The highest BCUT2D eigenvalue weighted by Crippen LogP contribution is 2.32. The third kappa shape index (κ3) is 2.93. The maximum atomic E-state index is 12.7. The maximum absolute atomic E-state index is 12.7. The van der Waals surface area contributed by atoms with Crippen molar-refractivity contribution in [3.8, 4) is 0 Å². The van der Waals surface area contributed by atoms with Crippen LogP contribution >= 0.6 is 11.6 Å². The fourth-order valence-electron chi connectivity index (χ4n) is 2.67. The Kier molecular flexibility index (Phi) is 4.16. The summed E-state index contributed by atoms with van der Waals surface area (Å²) >= 11 is 6.22. The van der Waals surface area contributed by atoms with Gasteiger partial charge in [-0.2, -0.15) is 0 Å². The van der Waals surface area contributed by atoms with Crippen molar-refractivity contribution in [1.82, 2.24) is 4.90 Å². The zero-order chi connectivity index (χ0) is 14.0. The third-order valence-electron chi connectivity index (χ3n) is 3.83. The zero-order valence-electron chi connectivity index (χ0n) is 11.5. The molecule has 0 saturated carbocycles. The summed E-state index contributed by atoms with van der Waals surface area (Å²) in [5.41, 5.74) is 6.21. The van der Waals surface area contributed by atoms with Gasteiger partial charge in [-0.15, -0.1) is 0 Å². The summed E-state index contributed by atoms with van der Waals surface area (Å²) in [6.45, 7) is 5.29. The summed E-state index contributed by atoms with van der Waals surface area (Å²) in [4.78, 5) is 14.6. The van der Waals surface area contributed by atoms with Gasteiger partial charge in [-0.1, -0.05) is 29.8 Å². The largest absolute Gasteiger partial charge is 0.340 e. The van der Waals surface area contributed by atoms with Gasteiger partial charge in [-0.05, 0) is 38.3 Å². The number of likely N-dealkylation sites (tertiary alicyclic amines) is 1. The highest BCUT2D eigenvalue weighted by Gasteiger charge is 2.36. The van der Waals surface area contributed by atoms with Crippen molar-refractivity contribution in [1.29, 1.82) is 0 Å². The molecule has 2 rings (SSSR count). The van der Waals surface area contributed by atoms with Crippen LogP contribution in [0.3, 0.4) is 0 Å². The van der Waals surface area contributed by atoms with E-state index in [-0.39, 0.29) is 11.9 Å². The molecule has 0 aromatic heterocycles. The standard InChI is InChI=1S/C15H21ClN2O/c1-15(2,12-7-3-4-8-13(12)16)14(19)18-9-5-6-11(17)10-18/h3-4,7-8,11H,5-6,9-10,17H2,1-2H3. The van der Waals surface area contributed by atoms with Crippen molar-refractivity contribution < 1.29 is 4.79 Å². The molecule has 19 heavy (non-hydrogen) atoms. The molecule has 1 unspecified atom stereocenters. The molecule has 1 aromatic rings. The molecule has 2 N–H and O–H groups in total. The SMILES string of the molecule is CC(C)(C(=O)N1CCCC(N)C1)c1ccccc1Cl. The lowest BCUT2D eigenvalue weighted by Crippen LogP contribution is -2.51. The van der Waals surface area contributed by atoms with E-state index in [0.29, 0.717) is 11.6 Å². The van der Waals surface area contributed by atoms with Gasteiger partial charge in [-0.25, -0.2) is 0 Å². The molecule has 1 aliphatic heterocycles. The monoisotopic (exact) mass is 280 g/mol. The molecule has 4 heteroatoms. The molecule has 1 amide bonds. The molecule has 3 nitrogen and oxygen atoms in total. The third-order valence-corrected chi connectivity index (χ3v) is 4.16. The van der Waals surface area contributed by atoms with E-state index in [1.54, 1.807) is 0 Å². The number of rotatable bonds is 2. The average molecular weight is 281 g/mol. The van der Waals surface area contributed by atoms with Gasteiger partial charge in [0, 0.05) is 24.2 Å². The molecule has 1 atom stereocenters. The number of hydrogen-bond acceptors (Lipinski definition) is 2. The van der Waals surface area contributed by atoms with Gasteiger partial charge in [0.1, 0.15) is 0 Å². The molecule has 1 saturated heterocycles. The van der Waals surface area contributed by atoms with Gasteiger partial charge in [0.05, 0.1) is 5.41 Å². The van der Waals surface area contributed by atoms with E-state index in [0.717, 1.165) is 24.9 Å². The molecule has 104 valence electrons. The van der Waals surface area contributed by atoms with Gasteiger partial charge in [0.25, 0.3) is 0 Å². The number of nitrogens with zero attached hydrogens (tertiary/aromatic N) is 1. The number of amides is 1. The van der Waals surface area contributed by atoms with Crippen LogP contribution in [0.1, 0.15) is 32.3 Å². The number of halogens is 1. The second-order valence-electron chi connectivity index (χ2n) is 5.76. The number of benzene rings is 1. The summed E-state index contributed by atoms with van der Waals surface area (Å²) in [7, 11) is 0. The Balaban J connectivity index is 2.24. The van der Waals surface area contributed by atoms with Gasteiger partial charge < -0.3 is 10.6 Å². The lowest BCUT2D eigenvalue weighted by atomic mass is 9.82. The minimum absolute atomic E-state index is 0.0970. The first-order valence-electron chi connectivity index (χ1n) is 6.73. The van der Waals surface area contributed by atoms with E-state index in [1.165, 1.54) is 0 Å². The summed E-state index contributed by atoms with van der Waals surface area (Å²) < 4.78 is 0. The summed E-state index contributed by atoms with van der Waals surface area (Å²) in [5, 5.41) is 0.641. The van der Waals surface area contributed by atoms with Crippen molar-refractivity contribution in [2.24, 2.45) is 5.73 Å². The van der Waals surface area contributed by atoms with Crippen molar-refractivity contribution in [2.75, 3.05) is 13.1 Å². The molecule has 1 fully saturated rings. The van der Waals surface area contributed by atoms with E-state index in [9.17, 15) is 4.79 Å². The Bertz CT molecular complexity index is 473. The fourth-order valence-corrected chi connectivity index (χ4v) is 3.04. The van der Waals surface area contributed by atoms with Crippen LogP contribution in [-0.2, 0) is 10.2 Å². The first-order chi connectivity index (χ1) is 8.93. The Morgan fingerprint density at radius 2 is 2.11 bits per heavy atom. The minimum atomic E-state index is -0.616. The normalized spacial score (nSPS) is 20.4. The topological polar surface area (TPSA) is 46.3 Å². The maximum Gasteiger partial charge on any atom is 0.232 e. The van der Waals surface area contributed by atoms with Gasteiger partial charge in [-0.3, -0.25) is 4.79 Å². The molecule has 0 spiro atoms. The van der Waals surface area contributed by atoms with Crippen molar-refractivity contribution in [3.05, 3.63) is 34.9 Å². The zero-order valence-corrected chi connectivity index (χ0v) is 12.3. The van der Waals surface area contributed by atoms with Gasteiger partial charge in [0.2, 0.25) is 5.91 Å². The molecule has 0 aliphatic carbocycles. The molecular formula is C15H21ClN2O. The van der Waals surface area contributed by atoms with E-state index >= 15 is 0 Å². The fraction of sp³-hybridized carbons (Fsp3) is 0.533. The first kappa shape index (κ1) is 14.4. The number of carbonyl (C=O) groups excluding carboxylic acids is 1. The predicted octanol–water partition coefficient (Wildman–Crippen LogP) is 2.57. The lowest BCUT2D eigenvalue weighted by Gasteiger charge is -2.37. The molecule has 0 radical (unpaired) electrons. The highest BCUT2D eigenvalue weighted by molar-refractivity contribution is 6.31. The summed E-state index contributed by atoms with van der Waals surface area (Å²) in [6, 6.07) is 7.64. The highest BCUT2D eigenvalue weighted by atomic mass is 35.5. The van der Waals surface area contributed by atoms with Crippen LogP contribution in [0.15, 0.2) is 24.3 Å². The molecular weight excluding hydrogens is 260 g/mol. The number of nitrogens with two attached hydrogens (primary N) is 1. The Hall–Kier alpha value is -1.06. The second-order valence-corrected chi connectivity index (χ2v) is 6.17. The predicted molar refractivity (Wildman–Crippen MR) is 78.3 cm³/mol. The Morgan fingerprint density at radius 3 is 2.74 bits per heavy atom. The second kappa shape index (κ2) is 5.51. The molecule has 1 heterocycles. The van der Waals surface area contributed by atoms with Crippen LogP contribution < -0.4 is 5.73 Å². The summed E-state index contributed by atoms with van der Waals surface area (Å²) in [6.07, 6.45) is 1.97. The van der Waals surface area contributed by atoms with Crippen molar-refractivity contribution in [3.63, 3.8) is 0 Å². The van der Waals surface area contributed by atoms with Crippen LogP contribution in [0.4, 0.5) is 0 Å².